The number of carboxylic acids is 1. The first kappa shape index (κ1) is 17.4. The van der Waals surface area contributed by atoms with Gasteiger partial charge in [-0.1, -0.05) is 15.9 Å². The van der Waals surface area contributed by atoms with Crippen LogP contribution in [0.1, 0.15) is 18.9 Å². The normalized spacial score (nSPS) is 11.8. The van der Waals surface area contributed by atoms with E-state index < -0.39 is 5.97 Å². The lowest BCUT2D eigenvalue weighted by Gasteiger charge is -2.21. The number of urea groups is 1. The second-order valence-electron chi connectivity index (χ2n) is 4.86. The second-order valence-corrected chi connectivity index (χ2v) is 5.77. The molecule has 1 atom stereocenters. The monoisotopic (exact) mass is 360 g/mol. The summed E-state index contributed by atoms with van der Waals surface area (Å²) in [6.45, 7) is 1.89. The van der Waals surface area contributed by atoms with E-state index in [0.29, 0.717) is 12.0 Å². The highest BCUT2D eigenvalue weighted by Crippen LogP contribution is 2.17. The highest BCUT2D eigenvalue weighted by atomic mass is 79.9. The van der Waals surface area contributed by atoms with Gasteiger partial charge in [-0.3, -0.25) is 4.79 Å². The molecule has 7 heteroatoms. The highest BCUT2D eigenvalue weighted by molar-refractivity contribution is 9.10. The van der Waals surface area contributed by atoms with Crippen LogP contribution >= 0.6 is 15.9 Å². The average Bonchev–Trinajstić information content (AvgIpc) is 2.39. The molecular weight excluding hydrogens is 343 g/mol. The van der Waals surface area contributed by atoms with Crippen LogP contribution in [-0.4, -0.2) is 41.6 Å². The van der Waals surface area contributed by atoms with Crippen LogP contribution in [-0.2, 0) is 11.2 Å². The van der Waals surface area contributed by atoms with Gasteiger partial charge in [0.15, 0.2) is 0 Å². The number of rotatable bonds is 6. The van der Waals surface area contributed by atoms with E-state index in [0.717, 1.165) is 4.47 Å². The van der Waals surface area contributed by atoms with Crippen molar-refractivity contribution in [2.24, 2.45) is 0 Å². The van der Waals surface area contributed by atoms with Crippen LogP contribution in [0.25, 0.3) is 0 Å². The van der Waals surface area contributed by atoms with Gasteiger partial charge in [-0.2, -0.15) is 0 Å². The zero-order chi connectivity index (χ0) is 16.0. The number of benzene rings is 1. The van der Waals surface area contributed by atoms with Crippen molar-refractivity contribution in [1.29, 1.82) is 0 Å². The van der Waals surface area contributed by atoms with Gasteiger partial charge >= 0.3 is 12.0 Å². The van der Waals surface area contributed by atoms with E-state index in [1.54, 1.807) is 19.1 Å². The molecule has 116 valence electrons. The Morgan fingerprint density at radius 2 is 2.14 bits per heavy atom. The molecule has 1 unspecified atom stereocenters. The molecule has 0 spiro atoms. The fourth-order valence-corrected chi connectivity index (χ4v) is 2.18. The molecule has 21 heavy (non-hydrogen) atoms. The molecule has 0 bridgehead atoms. The van der Waals surface area contributed by atoms with Crippen LogP contribution < -0.4 is 5.32 Å². The van der Waals surface area contributed by atoms with E-state index in [1.165, 1.54) is 18.0 Å². The molecule has 2 amide bonds. The summed E-state index contributed by atoms with van der Waals surface area (Å²) in [7, 11) is 1.52. The van der Waals surface area contributed by atoms with Gasteiger partial charge in [0.25, 0.3) is 0 Å². The Hall–Kier alpha value is -1.63. The highest BCUT2D eigenvalue weighted by Gasteiger charge is 2.14. The first-order valence-corrected chi connectivity index (χ1v) is 7.26. The van der Waals surface area contributed by atoms with Gasteiger partial charge in [0, 0.05) is 24.1 Å². The average molecular weight is 361 g/mol. The Morgan fingerprint density at radius 3 is 2.76 bits per heavy atom. The van der Waals surface area contributed by atoms with Gasteiger partial charge in [0.1, 0.15) is 5.82 Å². The van der Waals surface area contributed by atoms with Crippen molar-refractivity contribution >= 4 is 27.9 Å². The largest absolute Gasteiger partial charge is 0.481 e. The van der Waals surface area contributed by atoms with Gasteiger partial charge in [-0.25, -0.2) is 9.18 Å². The minimum absolute atomic E-state index is 0.113. The molecule has 0 aliphatic carbocycles. The van der Waals surface area contributed by atoms with Crippen LogP contribution in [0.2, 0.25) is 0 Å². The third-order valence-corrected chi connectivity index (χ3v) is 3.40. The van der Waals surface area contributed by atoms with Gasteiger partial charge in [-0.15, -0.1) is 0 Å². The zero-order valence-corrected chi connectivity index (χ0v) is 13.5. The smallest absolute Gasteiger partial charge is 0.317 e. The molecule has 1 aromatic rings. The molecular formula is C14H18BrFN2O3. The Bertz CT molecular complexity index is 525. The quantitative estimate of drug-likeness (QED) is 0.819. The summed E-state index contributed by atoms with van der Waals surface area (Å²) in [5, 5.41) is 11.3. The summed E-state index contributed by atoms with van der Waals surface area (Å²) in [6, 6.07) is 4.01. The SMILES string of the molecule is CC(Cc1cc(Br)ccc1F)NC(=O)N(C)CCC(=O)O. The predicted molar refractivity (Wildman–Crippen MR) is 80.7 cm³/mol. The zero-order valence-electron chi connectivity index (χ0n) is 11.9. The summed E-state index contributed by atoms with van der Waals surface area (Å²) in [4.78, 5) is 23.6. The summed E-state index contributed by atoms with van der Waals surface area (Å²) in [5.74, 6) is -1.28. The third kappa shape index (κ3) is 6.12. The molecule has 5 nitrogen and oxygen atoms in total. The lowest BCUT2D eigenvalue weighted by Crippen LogP contribution is -2.43. The number of aliphatic carboxylic acids is 1. The molecule has 0 saturated carbocycles. The molecule has 0 aromatic heterocycles. The first-order chi connectivity index (χ1) is 9.79. The van der Waals surface area contributed by atoms with Crippen LogP contribution in [0.3, 0.4) is 0 Å². The van der Waals surface area contributed by atoms with Gasteiger partial charge < -0.3 is 15.3 Å². The van der Waals surface area contributed by atoms with Crippen molar-refractivity contribution in [2.75, 3.05) is 13.6 Å². The Labute approximate surface area is 131 Å². The molecule has 0 heterocycles. The molecule has 0 saturated heterocycles. The van der Waals surface area contributed by atoms with Crippen LogP contribution in [0.4, 0.5) is 9.18 Å². The van der Waals surface area contributed by atoms with E-state index in [2.05, 4.69) is 21.2 Å². The first-order valence-electron chi connectivity index (χ1n) is 6.47. The topological polar surface area (TPSA) is 69.6 Å². The van der Waals surface area contributed by atoms with E-state index in [1.807, 2.05) is 0 Å². The van der Waals surface area contributed by atoms with E-state index >= 15 is 0 Å². The maximum Gasteiger partial charge on any atom is 0.317 e. The van der Waals surface area contributed by atoms with Crippen LogP contribution in [0.15, 0.2) is 22.7 Å². The molecule has 0 fully saturated rings. The summed E-state index contributed by atoms with van der Waals surface area (Å²) in [5.41, 5.74) is 0.505. The summed E-state index contributed by atoms with van der Waals surface area (Å²) in [6.07, 6.45) is 0.238. The maximum atomic E-state index is 13.6. The summed E-state index contributed by atoms with van der Waals surface area (Å²) >= 11 is 3.28. The molecule has 2 N–H and O–H groups in total. The van der Waals surface area contributed by atoms with E-state index in [-0.39, 0.29) is 30.9 Å². The van der Waals surface area contributed by atoms with Gasteiger partial charge in [0.05, 0.1) is 6.42 Å². The lowest BCUT2D eigenvalue weighted by molar-refractivity contribution is -0.137. The summed E-state index contributed by atoms with van der Waals surface area (Å²) < 4.78 is 14.4. The number of carbonyl (C=O) groups excluding carboxylic acids is 1. The van der Waals surface area contributed by atoms with Crippen LogP contribution in [0, 0.1) is 5.82 Å². The number of carboxylic acid groups (broad SMARTS) is 1. The number of nitrogens with one attached hydrogen (secondary N) is 1. The molecule has 1 aromatic carbocycles. The number of nitrogens with zero attached hydrogens (tertiary/aromatic N) is 1. The molecule has 0 radical (unpaired) electrons. The minimum Gasteiger partial charge on any atom is -0.481 e. The Balaban J connectivity index is 2.52. The van der Waals surface area contributed by atoms with Crippen molar-refractivity contribution in [2.45, 2.75) is 25.8 Å². The van der Waals surface area contributed by atoms with Crippen molar-refractivity contribution in [1.82, 2.24) is 10.2 Å². The van der Waals surface area contributed by atoms with Crippen molar-refractivity contribution in [3.05, 3.63) is 34.1 Å². The molecule has 0 aliphatic rings. The van der Waals surface area contributed by atoms with Crippen molar-refractivity contribution in [3.8, 4) is 0 Å². The Morgan fingerprint density at radius 1 is 1.48 bits per heavy atom. The number of carbonyl (C=O) groups is 2. The molecule has 0 aliphatic heterocycles. The van der Waals surface area contributed by atoms with Crippen LogP contribution in [0.5, 0.6) is 0 Å². The second kappa shape index (κ2) is 7.97. The van der Waals surface area contributed by atoms with Crippen molar-refractivity contribution < 1.29 is 19.1 Å². The van der Waals surface area contributed by atoms with Gasteiger partial charge in [0.2, 0.25) is 0 Å². The number of amides is 2. The maximum absolute atomic E-state index is 13.6. The van der Waals surface area contributed by atoms with E-state index in [4.69, 9.17) is 5.11 Å². The number of hydrogen-bond acceptors (Lipinski definition) is 2. The Kier molecular flexibility index (Phi) is 6.61. The van der Waals surface area contributed by atoms with E-state index in [9.17, 15) is 14.0 Å². The number of hydrogen-bond donors (Lipinski definition) is 2. The van der Waals surface area contributed by atoms with Gasteiger partial charge in [-0.05, 0) is 37.1 Å². The fraction of sp³-hybridized carbons (Fsp3) is 0.429. The lowest BCUT2D eigenvalue weighted by atomic mass is 10.1. The fourth-order valence-electron chi connectivity index (χ4n) is 1.77. The molecule has 1 rings (SSSR count). The third-order valence-electron chi connectivity index (χ3n) is 2.91. The predicted octanol–water partition coefficient (Wildman–Crippen LogP) is 2.64. The minimum atomic E-state index is -0.959. The van der Waals surface area contributed by atoms with Crippen molar-refractivity contribution in [3.63, 3.8) is 0 Å². The number of halogens is 2. The standard InChI is InChI=1S/C14H18BrFN2O3/c1-9(7-10-8-11(15)3-4-12(10)16)17-14(21)18(2)6-5-13(19)20/h3-4,8-9H,5-7H2,1-2H3,(H,17,21)(H,19,20).